The number of fused-ring (bicyclic) bond motifs is 7. The zero-order valence-corrected chi connectivity index (χ0v) is 23.8. The van der Waals surface area contributed by atoms with Crippen LogP contribution in [0.1, 0.15) is 99.8 Å². The van der Waals surface area contributed by atoms with Crippen LogP contribution in [-0.4, -0.2) is 24.9 Å². The van der Waals surface area contributed by atoms with E-state index in [1.165, 1.54) is 31.9 Å². The lowest BCUT2D eigenvalue weighted by molar-refractivity contribution is -0.201. The van der Waals surface area contributed by atoms with E-state index in [4.69, 9.17) is 4.74 Å². The first kappa shape index (κ1) is 26.1. The van der Waals surface area contributed by atoms with E-state index < -0.39 is 11.5 Å². The Morgan fingerprint density at radius 3 is 2.31 bits per heavy atom. The van der Waals surface area contributed by atoms with Crippen molar-refractivity contribution in [3.05, 3.63) is 16.6 Å². The number of hydrogen-bond acceptors (Lipinski definition) is 5. The van der Waals surface area contributed by atoms with Crippen molar-refractivity contribution < 1.29 is 14.3 Å². The number of ether oxygens (including phenoxy) is 1. The standard InChI is InChI=1S/C31H47NO4/c1-18-9-12-27(3)15-16-29(5)20(24(27)19(18)2)17-21(33)25-28(4)13-11-23(32-35)31(7,26(34)36-8)22(28)10-14-30(25,29)6/h17-19,22-25H,9-16H2,1-8H3/t18-,19+,22?,23?,24+,25-,27-,28+,29-,30-,31?/m1/s1. The number of hydrogen-bond donors (Lipinski definition) is 0. The largest absolute Gasteiger partial charge is 0.469 e. The smallest absolute Gasteiger partial charge is 0.314 e. The van der Waals surface area contributed by atoms with Gasteiger partial charge < -0.3 is 4.74 Å². The van der Waals surface area contributed by atoms with Crippen molar-refractivity contribution in [2.24, 2.45) is 61.8 Å². The summed E-state index contributed by atoms with van der Waals surface area (Å²) < 4.78 is 5.27. The van der Waals surface area contributed by atoms with Gasteiger partial charge in [0.15, 0.2) is 5.78 Å². The summed E-state index contributed by atoms with van der Waals surface area (Å²) in [5, 5.41) is 3.43. The number of nitrogens with zero attached hydrogens (tertiary/aromatic N) is 1. The topological polar surface area (TPSA) is 72.8 Å². The first-order valence-electron chi connectivity index (χ1n) is 14.4. The summed E-state index contributed by atoms with van der Waals surface area (Å²) in [7, 11) is 1.40. The predicted molar refractivity (Wildman–Crippen MR) is 141 cm³/mol. The number of rotatable bonds is 2. The first-order chi connectivity index (χ1) is 16.7. The number of esters is 1. The Hall–Kier alpha value is -1.52. The number of carbonyl (C=O) groups is 2. The Labute approximate surface area is 217 Å². The van der Waals surface area contributed by atoms with E-state index in [2.05, 4.69) is 52.8 Å². The molecule has 0 N–H and O–H groups in total. The van der Waals surface area contributed by atoms with Crippen LogP contribution in [0.15, 0.2) is 16.8 Å². The fraction of sp³-hybridized carbons (Fsp3) is 0.871. The van der Waals surface area contributed by atoms with Gasteiger partial charge in [0.1, 0.15) is 6.04 Å². The minimum atomic E-state index is -0.992. The lowest BCUT2D eigenvalue weighted by atomic mass is 9.33. The maximum Gasteiger partial charge on any atom is 0.314 e. The molecule has 5 aliphatic carbocycles. The van der Waals surface area contributed by atoms with Crippen LogP contribution in [-0.2, 0) is 14.3 Å². The molecule has 0 aromatic carbocycles. The molecule has 0 spiro atoms. The van der Waals surface area contributed by atoms with Crippen LogP contribution in [0.2, 0.25) is 0 Å². The van der Waals surface area contributed by atoms with Gasteiger partial charge in [0.2, 0.25) is 0 Å². The third kappa shape index (κ3) is 2.95. The van der Waals surface area contributed by atoms with E-state index in [-0.39, 0.29) is 45.2 Å². The quantitative estimate of drug-likeness (QED) is 0.300. The van der Waals surface area contributed by atoms with Crippen LogP contribution in [0.5, 0.6) is 0 Å². The molecular formula is C31H47NO4. The average Bonchev–Trinajstić information content (AvgIpc) is 2.82. The van der Waals surface area contributed by atoms with Crippen molar-refractivity contribution in [3.8, 4) is 0 Å². The molecule has 0 saturated heterocycles. The van der Waals surface area contributed by atoms with Crippen molar-refractivity contribution in [2.75, 3.05) is 7.11 Å². The van der Waals surface area contributed by atoms with Gasteiger partial charge in [-0.1, -0.05) is 52.3 Å². The van der Waals surface area contributed by atoms with Crippen LogP contribution in [0.3, 0.4) is 0 Å². The molecule has 5 rings (SSSR count). The molecule has 0 aromatic rings. The van der Waals surface area contributed by atoms with Crippen LogP contribution in [0, 0.1) is 61.6 Å². The molecule has 11 atom stereocenters. The predicted octanol–water partition coefficient (Wildman–Crippen LogP) is 7.13. The summed E-state index contributed by atoms with van der Waals surface area (Å²) in [5.74, 6) is 1.36. The second kappa shape index (κ2) is 7.99. The Balaban J connectivity index is 1.64. The van der Waals surface area contributed by atoms with E-state index in [1.807, 2.05) is 6.92 Å². The van der Waals surface area contributed by atoms with Crippen molar-refractivity contribution in [2.45, 2.75) is 106 Å². The molecule has 4 fully saturated rings. The van der Waals surface area contributed by atoms with Crippen LogP contribution >= 0.6 is 0 Å². The molecule has 0 aromatic heterocycles. The van der Waals surface area contributed by atoms with E-state index in [1.54, 1.807) is 0 Å². The van der Waals surface area contributed by atoms with Gasteiger partial charge in [-0.25, -0.2) is 0 Å². The second-order valence-corrected chi connectivity index (χ2v) is 14.7. The van der Waals surface area contributed by atoms with Gasteiger partial charge in [0.25, 0.3) is 0 Å². The lowest BCUT2D eigenvalue weighted by Gasteiger charge is -2.70. The van der Waals surface area contributed by atoms with Crippen LogP contribution in [0.4, 0.5) is 0 Å². The second-order valence-electron chi connectivity index (χ2n) is 14.7. The third-order valence-corrected chi connectivity index (χ3v) is 13.5. The highest BCUT2D eigenvalue weighted by Gasteiger charge is 2.72. The summed E-state index contributed by atoms with van der Waals surface area (Å²) in [5.41, 5.74) is 0.148. The zero-order chi connectivity index (χ0) is 26.5. The van der Waals surface area contributed by atoms with Gasteiger partial charge in [-0.15, -0.1) is 0 Å². The summed E-state index contributed by atoms with van der Waals surface area (Å²) in [6.07, 6.45) is 9.97. The van der Waals surface area contributed by atoms with Crippen molar-refractivity contribution >= 4 is 11.8 Å². The van der Waals surface area contributed by atoms with E-state index in [9.17, 15) is 14.5 Å². The third-order valence-electron chi connectivity index (χ3n) is 13.5. The molecule has 0 bridgehead atoms. The Morgan fingerprint density at radius 2 is 1.67 bits per heavy atom. The fourth-order valence-corrected chi connectivity index (χ4v) is 11.0. The average molecular weight is 498 g/mol. The fourth-order valence-electron chi connectivity index (χ4n) is 11.0. The summed E-state index contributed by atoms with van der Waals surface area (Å²) in [4.78, 5) is 39.5. The molecule has 0 amide bonds. The van der Waals surface area contributed by atoms with E-state index in [0.29, 0.717) is 24.2 Å². The van der Waals surface area contributed by atoms with Crippen molar-refractivity contribution in [1.82, 2.24) is 0 Å². The van der Waals surface area contributed by atoms with Gasteiger partial charge in [-0.05, 0) is 110 Å². The number of carbonyl (C=O) groups excluding carboxylic acids is 2. The Kier molecular flexibility index (Phi) is 5.79. The number of ketones is 1. The SMILES string of the molecule is COC(=O)C1(C)C(N=O)CC[C@@]2(C)C1CC[C@]1(C)[C@@H]2C(=O)C=C2[C@@H]3[C@@H](C)[C@H](C)CC[C@]3(C)CC[C@]21C. The summed E-state index contributed by atoms with van der Waals surface area (Å²) in [6, 6.07) is -0.604. The monoisotopic (exact) mass is 497 g/mol. The Bertz CT molecular complexity index is 1020. The van der Waals surface area contributed by atoms with Gasteiger partial charge in [-0.3, -0.25) is 9.59 Å². The molecule has 36 heavy (non-hydrogen) atoms. The number of allylic oxidation sites excluding steroid dienone is 2. The van der Waals surface area contributed by atoms with Crippen molar-refractivity contribution in [1.29, 1.82) is 0 Å². The van der Waals surface area contributed by atoms with E-state index in [0.717, 1.165) is 25.7 Å². The van der Waals surface area contributed by atoms with Gasteiger partial charge in [0.05, 0.1) is 12.5 Å². The molecular weight excluding hydrogens is 450 g/mol. The lowest BCUT2D eigenvalue weighted by Crippen LogP contribution is -2.68. The summed E-state index contributed by atoms with van der Waals surface area (Å²) in [6.45, 7) is 16.3. The molecule has 5 nitrogen and oxygen atoms in total. The van der Waals surface area contributed by atoms with Crippen LogP contribution < -0.4 is 0 Å². The molecule has 0 radical (unpaired) electrons. The zero-order valence-electron chi connectivity index (χ0n) is 23.8. The normalized spacial score (nSPS) is 54.2. The highest BCUT2D eigenvalue weighted by molar-refractivity contribution is 5.96. The minimum Gasteiger partial charge on any atom is -0.469 e. The molecule has 3 unspecified atom stereocenters. The van der Waals surface area contributed by atoms with E-state index >= 15 is 0 Å². The van der Waals surface area contributed by atoms with Gasteiger partial charge in [-0.2, -0.15) is 4.91 Å². The maximum atomic E-state index is 14.4. The molecule has 5 aliphatic rings. The molecule has 200 valence electrons. The summed E-state index contributed by atoms with van der Waals surface area (Å²) >= 11 is 0. The van der Waals surface area contributed by atoms with Crippen molar-refractivity contribution in [3.63, 3.8) is 0 Å². The van der Waals surface area contributed by atoms with Crippen LogP contribution in [0.25, 0.3) is 0 Å². The van der Waals surface area contributed by atoms with Gasteiger partial charge >= 0.3 is 5.97 Å². The molecule has 0 heterocycles. The molecule has 4 saturated carbocycles. The number of methoxy groups -OCH3 is 1. The molecule has 5 heteroatoms. The Morgan fingerprint density at radius 1 is 0.972 bits per heavy atom. The highest BCUT2D eigenvalue weighted by atomic mass is 16.5. The number of nitroso groups, excluding NO2 is 1. The van der Waals surface area contributed by atoms with Gasteiger partial charge in [0, 0.05) is 5.92 Å². The first-order valence-corrected chi connectivity index (χ1v) is 14.4. The molecule has 0 aliphatic heterocycles. The highest BCUT2D eigenvalue weighted by Crippen LogP contribution is 2.75. The maximum absolute atomic E-state index is 14.4. The minimum absolute atomic E-state index is 0.0313.